The first-order chi connectivity index (χ1) is 10.5. The van der Waals surface area contributed by atoms with E-state index in [4.69, 9.17) is 5.73 Å². The minimum absolute atomic E-state index is 0.162. The fraction of sp³-hybridized carbons (Fsp3) is 0.312. The van der Waals surface area contributed by atoms with Gasteiger partial charge in [-0.1, -0.05) is 30.3 Å². The zero-order valence-corrected chi connectivity index (χ0v) is 12.8. The zero-order valence-electron chi connectivity index (χ0n) is 12.8. The standard InChI is InChI=1S/C16H20N4O2/c1-3-20-15(16(17)22)14(11(2)19-20)18-13(21)10-9-12-7-5-4-6-8-12/h4-8H,3,9-10H2,1-2H3,(H2,17,22)(H,18,21). The molecule has 0 aliphatic carbocycles. The number of nitrogens with zero attached hydrogens (tertiary/aromatic N) is 2. The molecule has 0 aliphatic heterocycles. The maximum atomic E-state index is 12.1. The van der Waals surface area contributed by atoms with Gasteiger partial charge in [-0.3, -0.25) is 14.3 Å². The number of aryl methyl sites for hydroxylation is 3. The minimum atomic E-state index is -0.596. The maximum Gasteiger partial charge on any atom is 0.269 e. The second-order valence-corrected chi connectivity index (χ2v) is 5.02. The van der Waals surface area contributed by atoms with E-state index in [9.17, 15) is 9.59 Å². The van der Waals surface area contributed by atoms with Gasteiger partial charge in [0.1, 0.15) is 5.69 Å². The van der Waals surface area contributed by atoms with Gasteiger partial charge in [0, 0.05) is 13.0 Å². The number of anilines is 1. The van der Waals surface area contributed by atoms with Crippen LogP contribution in [-0.2, 0) is 17.8 Å². The van der Waals surface area contributed by atoms with Crippen LogP contribution in [0.2, 0.25) is 0 Å². The highest BCUT2D eigenvalue weighted by Crippen LogP contribution is 2.20. The van der Waals surface area contributed by atoms with Crippen LogP contribution in [0, 0.1) is 6.92 Å². The van der Waals surface area contributed by atoms with Crippen LogP contribution in [0.4, 0.5) is 5.69 Å². The van der Waals surface area contributed by atoms with Crippen LogP contribution in [0.25, 0.3) is 0 Å². The Bertz CT molecular complexity index is 677. The molecule has 1 aromatic heterocycles. The van der Waals surface area contributed by atoms with Crippen molar-refractivity contribution in [3.05, 3.63) is 47.3 Å². The van der Waals surface area contributed by atoms with E-state index in [0.29, 0.717) is 30.8 Å². The number of nitrogens with one attached hydrogen (secondary N) is 1. The van der Waals surface area contributed by atoms with Crippen LogP contribution in [0.1, 0.15) is 35.1 Å². The van der Waals surface area contributed by atoms with Gasteiger partial charge in [0.05, 0.1) is 11.4 Å². The van der Waals surface area contributed by atoms with Gasteiger partial charge in [-0.05, 0) is 25.8 Å². The van der Waals surface area contributed by atoms with Crippen molar-refractivity contribution in [1.29, 1.82) is 0 Å². The third-order valence-corrected chi connectivity index (χ3v) is 3.41. The number of primary amides is 1. The number of nitrogens with two attached hydrogens (primary N) is 1. The summed E-state index contributed by atoms with van der Waals surface area (Å²) in [6, 6.07) is 9.76. The lowest BCUT2D eigenvalue weighted by Gasteiger charge is -2.07. The summed E-state index contributed by atoms with van der Waals surface area (Å²) in [6.07, 6.45) is 0.971. The average molecular weight is 300 g/mol. The fourth-order valence-corrected chi connectivity index (χ4v) is 2.31. The van der Waals surface area contributed by atoms with Crippen molar-refractivity contribution in [2.24, 2.45) is 5.73 Å². The summed E-state index contributed by atoms with van der Waals surface area (Å²) in [4.78, 5) is 23.7. The predicted octanol–water partition coefficient (Wildman–Crippen LogP) is 1.88. The van der Waals surface area contributed by atoms with E-state index in [1.807, 2.05) is 37.3 Å². The molecule has 116 valence electrons. The molecule has 0 bridgehead atoms. The van der Waals surface area contributed by atoms with Crippen LogP contribution in [0.5, 0.6) is 0 Å². The molecule has 0 fully saturated rings. The van der Waals surface area contributed by atoms with E-state index >= 15 is 0 Å². The molecular formula is C16H20N4O2. The summed E-state index contributed by atoms with van der Waals surface area (Å²) >= 11 is 0. The molecular weight excluding hydrogens is 280 g/mol. The molecule has 2 amide bonds. The van der Waals surface area contributed by atoms with E-state index < -0.39 is 5.91 Å². The van der Waals surface area contributed by atoms with Gasteiger partial charge in [-0.25, -0.2) is 0 Å². The number of rotatable bonds is 6. The molecule has 2 rings (SSSR count). The first-order valence-corrected chi connectivity index (χ1v) is 7.24. The summed E-state index contributed by atoms with van der Waals surface area (Å²) < 4.78 is 1.50. The van der Waals surface area contributed by atoms with E-state index in [-0.39, 0.29) is 11.6 Å². The van der Waals surface area contributed by atoms with Gasteiger partial charge in [0.2, 0.25) is 5.91 Å². The third kappa shape index (κ3) is 3.52. The summed E-state index contributed by atoms with van der Waals surface area (Å²) in [5.74, 6) is -0.758. The Morgan fingerprint density at radius 2 is 1.95 bits per heavy atom. The first kappa shape index (κ1) is 15.8. The molecule has 3 N–H and O–H groups in total. The monoisotopic (exact) mass is 300 g/mol. The Hall–Kier alpha value is -2.63. The molecule has 0 radical (unpaired) electrons. The molecule has 0 spiro atoms. The summed E-state index contributed by atoms with van der Waals surface area (Å²) in [5.41, 5.74) is 7.73. The Kier molecular flexibility index (Phi) is 4.93. The van der Waals surface area contributed by atoms with Crippen molar-refractivity contribution in [2.45, 2.75) is 33.2 Å². The SMILES string of the molecule is CCn1nc(C)c(NC(=O)CCc2ccccc2)c1C(N)=O. The van der Waals surface area contributed by atoms with Gasteiger partial charge in [-0.2, -0.15) is 5.10 Å². The molecule has 0 unspecified atom stereocenters. The molecule has 0 atom stereocenters. The van der Waals surface area contributed by atoms with Crippen molar-refractivity contribution in [3.63, 3.8) is 0 Å². The zero-order chi connectivity index (χ0) is 16.1. The van der Waals surface area contributed by atoms with Crippen LogP contribution in [0.15, 0.2) is 30.3 Å². The van der Waals surface area contributed by atoms with Gasteiger partial charge in [-0.15, -0.1) is 0 Å². The molecule has 0 aliphatic rings. The van der Waals surface area contributed by atoms with E-state index in [1.165, 1.54) is 4.68 Å². The van der Waals surface area contributed by atoms with E-state index in [0.717, 1.165) is 5.56 Å². The van der Waals surface area contributed by atoms with Gasteiger partial charge >= 0.3 is 0 Å². The lowest BCUT2D eigenvalue weighted by Crippen LogP contribution is -2.21. The quantitative estimate of drug-likeness (QED) is 0.853. The molecule has 0 saturated carbocycles. The van der Waals surface area contributed by atoms with Gasteiger partial charge < -0.3 is 11.1 Å². The number of aromatic nitrogens is 2. The second kappa shape index (κ2) is 6.89. The van der Waals surface area contributed by atoms with Crippen LogP contribution >= 0.6 is 0 Å². The summed E-state index contributed by atoms with van der Waals surface area (Å²) in [5, 5.41) is 6.98. The average Bonchev–Trinajstić information content (AvgIpc) is 2.82. The Balaban J connectivity index is 2.08. The van der Waals surface area contributed by atoms with Crippen molar-refractivity contribution < 1.29 is 9.59 Å². The lowest BCUT2D eigenvalue weighted by molar-refractivity contribution is -0.116. The largest absolute Gasteiger partial charge is 0.364 e. The van der Waals surface area contributed by atoms with E-state index in [1.54, 1.807) is 6.92 Å². The molecule has 6 nitrogen and oxygen atoms in total. The molecule has 0 saturated heterocycles. The number of carbonyl (C=O) groups is 2. The Morgan fingerprint density at radius 3 is 2.55 bits per heavy atom. The van der Waals surface area contributed by atoms with Crippen molar-refractivity contribution in [2.75, 3.05) is 5.32 Å². The maximum absolute atomic E-state index is 12.1. The summed E-state index contributed by atoms with van der Waals surface area (Å²) in [6.45, 7) is 4.12. The number of benzene rings is 1. The van der Waals surface area contributed by atoms with Crippen LogP contribution < -0.4 is 11.1 Å². The Morgan fingerprint density at radius 1 is 1.27 bits per heavy atom. The topological polar surface area (TPSA) is 90.0 Å². The highest BCUT2D eigenvalue weighted by molar-refractivity contribution is 6.02. The first-order valence-electron chi connectivity index (χ1n) is 7.24. The lowest BCUT2D eigenvalue weighted by atomic mass is 10.1. The van der Waals surface area contributed by atoms with Crippen molar-refractivity contribution >= 4 is 17.5 Å². The third-order valence-electron chi connectivity index (χ3n) is 3.41. The highest BCUT2D eigenvalue weighted by Gasteiger charge is 2.20. The number of amides is 2. The normalized spacial score (nSPS) is 10.5. The highest BCUT2D eigenvalue weighted by atomic mass is 16.2. The molecule has 2 aromatic rings. The number of hydrogen-bond acceptors (Lipinski definition) is 3. The molecule has 1 aromatic carbocycles. The molecule has 6 heteroatoms. The molecule has 22 heavy (non-hydrogen) atoms. The van der Waals surface area contributed by atoms with Crippen LogP contribution in [-0.4, -0.2) is 21.6 Å². The second-order valence-electron chi connectivity index (χ2n) is 5.02. The number of carbonyl (C=O) groups excluding carboxylic acids is 2. The van der Waals surface area contributed by atoms with Gasteiger partial charge in [0.25, 0.3) is 5.91 Å². The van der Waals surface area contributed by atoms with Crippen molar-refractivity contribution in [3.8, 4) is 0 Å². The van der Waals surface area contributed by atoms with E-state index in [2.05, 4.69) is 10.4 Å². The summed E-state index contributed by atoms with van der Waals surface area (Å²) in [7, 11) is 0. The predicted molar refractivity (Wildman–Crippen MR) is 84.5 cm³/mol. The van der Waals surface area contributed by atoms with Crippen molar-refractivity contribution in [1.82, 2.24) is 9.78 Å². The van der Waals surface area contributed by atoms with Gasteiger partial charge in [0.15, 0.2) is 0 Å². The number of hydrogen-bond donors (Lipinski definition) is 2. The molecule has 1 heterocycles. The van der Waals surface area contributed by atoms with Crippen LogP contribution in [0.3, 0.4) is 0 Å². The smallest absolute Gasteiger partial charge is 0.269 e. The fourth-order valence-electron chi connectivity index (χ4n) is 2.31. The Labute approximate surface area is 129 Å². The minimum Gasteiger partial charge on any atom is -0.364 e.